The number of piperidine rings is 2. The van der Waals surface area contributed by atoms with Gasteiger partial charge in [-0.05, 0) is 62.1 Å². The highest BCUT2D eigenvalue weighted by atomic mass is 35.5. The van der Waals surface area contributed by atoms with Crippen molar-refractivity contribution in [2.75, 3.05) is 26.2 Å². The van der Waals surface area contributed by atoms with Crippen LogP contribution in [-0.2, 0) is 6.54 Å². The lowest BCUT2D eigenvalue weighted by Gasteiger charge is -2.32. The summed E-state index contributed by atoms with van der Waals surface area (Å²) >= 11 is 0. The lowest BCUT2D eigenvalue weighted by atomic mass is 10.0. The molecule has 0 aliphatic carbocycles. The van der Waals surface area contributed by atoms with Crippen molar-refractivity contribution in [1.82, 2.24) is 14.8 Å². The molecule has 1 aromatic heterocycles. The molecule has 2 N–H and O–H groups in total. The van der Waals surface area contributed by atoms with Gasteiger partial charge in [-0.25, -0.2) is 0 Å². The zero-order valence-electron chi connectivity index (χ0n) is 17.7. The summed E-state index contributed by atoms with van der Waals surface area (Å²) < 4.78 is 6.16. The molecule has 1 amide bonds. The van der Waals surface area contributed by atoms with Crippen LogP contribution in [0.5, 0.6) is 5.75 Å². The van der Waals surface area contributed by atoms with Crippen molar-refractivity contribution < 1.29 is 9.53 Å². The summed E-state index contributed by atoms with van der Waals surface area (Å²) in [6.07, 6.45) is 5.83. The summed E-state index contributed by atoms with van der Waals surface area (Å²) in [6.45, 7) is 4.40. The highest BCUT2D eigenvalue weighted by Crippen LogP contribution is 2.21. The average molecular weight is 467 g/mol. The minimum Gasteiger partial charge on any atom is -0.490 e. The van der Waals surface area contributed by atoms with E-state index in [2.05, 4.69) is 16.0 Å². The molecule has 170 valence electrons. The summed E-state index contributed by atoms with van der Waals surface area (Å²) in [6, 6.07) is 13.9. The van der Waals surface area contributed by atoms with Gasteiger partial charge in [0, 0.05) is 50.5 Å². The predicted molar refractivity (Wildman–Crippen MR) is 127 cm³/mol. The molecule has 31 heavy (non-hydrogen) atoms. The number of rotatable bonds is 5. The summed E-state index contributed by atoms with van der Waals surface area (Å²) in [7, 11) is 0. The van der Waals surface area contributed by atoms with Crippen molar-refractivity contribution in [3.63, 3.8) is 0 Å². The number of carbonyl (C=O) groups excluding carboxylic acids is 1. The molecule has 0 unspecified atom stereocenters. The monoisotopic (exact) mass is 466 g/mol. The maximum absolute atomic E-state index is 12.6. The molecular formula is C23H32Cl2N4O2. The van der Waals surface area contributed by atoms with Crippen LogP contribution < -0.4 is 10.5 Å². The normalized spacial score (nSPS) is 18.0. The summed E-state index contributed by atoms with van der Waals surface area (Å²) in [5.74, 6) is 0.927. The molecule has 2 saturated heterocycles. The number of hydrogen-bond acceptors (Lipinski definition) is 5. The van der Waals surface area contributed by atoms with Crippen molar-refractivity contribution in [3.8, 4) is 5.75 Å². The van der Waals surface area contributed by atoms with Gasteiger partial charge < -0.3 is 15.4 Å². The maximum Gasteiger partial charge on any atom is 0.253 e. The molecule has 0 atom stereocenters. The van der Waals surface area contributed by atoms with E-state index in [1.807, 2.05) is 47.5 Å². The van der Waals surface area contributed by atoms with Gasteiger partial charge >= 0.3 is 0 Å². The van der Waals surface area contributed by atoms with E-state index in [4.69, 9.17) is 10.5 Å². The Labute approximate surface area is 197 Å². The van der Waals surface area contributed by atoms with Crippen LogP contribution in [-0.4, -0.2) is 59.0 Å². The van der Waals surface area contributed by atoms with Gasteiger partial charge in [0.05, 0.1) is 5.69 Å². The third kappa shape index (κ3) is 7.07. The van der Waals surface area contributed by atoms with Crippen LogP contribution in [0, 0.1) is 0 Å². The van der Waals surface area contributed by atoms with Crippen LogP contribution >= 0.6 is 24.8 Å². The number of likely N-dealkylation sites (tertiary alicyclic amines) is 2. The molecule has 0 spiro atoms. The number of ether oxygens (including phenoxy) is 1. The number of halogens is 2. The van der Waals surface area contributed by atoms with Gasteiger partial charge in [0.25, 0.3) is 5.91 Å². The second-order valence-corrected chi connectivity index (χ2v) is 8.07. The fraction of sp³-hybridized carbons (Fsp3) is 0.478. The molecule has 2 aliphatic rings. The molecule has 0 bridgehead atoms. The number of nitrogens with two attached hydrogens (primary N) is 1. The van der Waals surface area contributed by atoms with Crippen LogP contribution in [0.25, 0.3) is 0 Å². The van der Waals surface area contributed by atoms with Gasteiger partial charge in [-0.1, -0.05) is 6.07 Å². The first-order valence-corrected chi connectivity index (χ1v) is 10.6. The van der Waals surface area contributed by atoms with Crippen LogP contribution in [0.1, 0.15) is 41.7 Å². The van der Waals surface area contributed by atoms with E-state index in [9.17, 15) is 4.79 Å². The first-order chi connectivity index (χ1) is 14.2. The van der Waals surface area contributed by atoms with E-state index < -0.39 is 0 Å². The molecule has 8 heteroatoms. The van der Waals surface area contributed by atoms with Gasteiger partial charge in [0.15, 0.2) is 0 Å². The van der Waals surface area contributed by atoms with Crippen molar-refractivity contribution >= 4 is 30.7 Å². The highest BCUT2D eigenvalue weighted by molar-refractivity contribution is 5.94. The maximum atomic E-state index is 12.6. The first kappa shape index (κ1) is 25.4. The third-order valence-corrected chi connectivity index (χ3v) is 5.88. The van der Waals surface area contributed by atoms with E-state index in [0.717, 1.165) is 75.4 Å². The number of aromatic nitrogens is 1. The van der Waals surface area contributed by atoms with E-state index >= 15 is 0 Å². The SMILES string of the molecule is Cl.Cl.NC1CCN(C(=O)c2ccc(OC3CCN(Cc4ccccn4)CC3)cc2)CC1. The van der Waals surface area contributed by atoms with E-state index in [0.29, 0.717) is 0 Å². The molecule has 4 rings (SSSR count). The number of amides is 1. The Morgan fingerprint density at radius 2 is 1.65 bits per heavy atom. The lowest BCUT2D eigenvalue weighted by molar-refractivity contribution is 0.0714. The third-order valence-electron chi connectivity index (χ3n) is 5.88. The minimum absolute atomic E-state index is 0. The van der Waals surface area contributed by atoms with Crippen molar-refractivity contribution in [2.45, 2.75) is 44.4 Å². The number of pyridine rings is 1. The average Bonchev–Trinajstić information content (AvgIpc) is 2.76. The van der Waals surface area contributed by atoms with E-state index in [1.165, 1.54) is 0 Å². The van der Waals surface area contributed by atoms with E-state index in [1.54, 1.807) is 0 Å². The topological polar surface area (TPSA) is 71.7 Å². The predicted octanol–water partition coefficient (Wildman–Crippen LogP) is 3.53. The molecule has 0 radical (unpaired) electrons. The van der Waals surface area contributed by atoms with Crippen molar-refractivity contribution in [1.29, 1.82) is 0 Å². The van der Waals surface area contributed by atoms with Crippen LogP contribution in [0.3, 0.4) is 0 Å². The minimum atomic E-state index is 0. The van der Waals surface area contributed by atoms with Gasteiger partial charge in [-0.2, -0.15) is 0 Å². The van der Waals surface area contributed by atoms with Crippen LogP contribution in [0.2, 0.25) is 0 Å². The fourth-order valence-electron chi connectivity index (χ4n) is 4.06. The zero-order valence-corrected chi connectivity index (χ0v) is 19.3. The second kappa shape index (κ2) is 12.2. The Kier molecular flexibility index (Phi) is 10.0. The zero-order chi connectivity index (χ0) is 20.1. The first-order valence-electron chi connectivity index (χ1n) is 10.6. The largest absolute Gasteiger partial charge is 0.490 e. The van der Waals surface area contributed by atoms with Gasteiger partial charge in [-0.3, -0.25) is 14.7 Å². The van der Waals surface area contributed by atoms with Crippen molar-refractivity contribution in [3.05, 3.63) is 59.9 Å². The standard InChI is InChI=1S/C23H30N4O2.2ClH/c24-19-8-15-27(16-9-19)23(28)18-4-6-21(7-5-18)29-22-10-13-26(14-11-22)17-20-3-1-2-12-25-20;;/h1-7,12,19,22H,8-11,13-17,24H2;2*1H. The van der Waals surface area contributed by atoms with Gasteiger partial charge in [0.2, 0.25) is 0 Å². The fourth-order valence-corrected chi connectivity index (χ4v) is 4.06. The molecule has 3 heterocycles. The molecule has 2 aliphatic heterocycles. The molecule has 2 fully saturated rings. The van der Waals surface area contributed by atoms with E-state index in [-0.39, 0.29) is 42.9 Å². The number of carbonyl (C=O) groups is 1. The van der Waals surface area contributed by atoms with Crippen LogP contribution in [0.15, 0.2) is 48.7 Å². The lowest BCUT2D eigenvalue weighted by Crippen LogP contribution is -2.42. The summed E-state index contributed by atoms with van der Waals surface area (Å²) in [5, 5.41) is 0. The summed E-state index contributed by atoms with van der Waals surface area (Å²) in [4.78, 5) is 21.4. The highest BCUT2D eigenvalue weighted by Gasteiger charge is 2.23. The smallest absolute Gasteiger partial charge is 0.253 e. The number of benzene rings is 1. The molecule has 1 aromatic carbocycles. The van der Waals surface area contributed by atoms with Crippen molar-refractivity contribution in [2.24, 2.45) is 5.73 Å². The Morgan fingerprint density at radius 1 is 0.968 bits per heavy atom. The quantitative estimate of drug-likeness (QED) is 0.729. The van der Waals surface area contributed by atoms with Gasteiger partial charge in [-0.15, -0.1) is 24.8 Å². The Balaban J connectivity index is 0.00000171. The molecule has 0 saturated carbocycles. The Hall–Kier alpha value is -1.86. The van der Waals surface area contributed by atoms with Crippen LogP contribution in [0.4, 0.5) is 0 Å². The Morgan fingerprint density at radius 3 is 2.26 bits per heavy atom. The number of hydrogen-bond donors (Lipinski definition) is 1. The molecule has 6 nitrogen and oxygen atoms in total. The Bertz CT molecular complexity index is 791. The molecule has 2 aromatic rings. The number of nitrogens with zero attached hydrogens (tertiary/aromatic N) is 3. The second-order valence-electron chi connectivity index (χ2n) is 8.07. The van der Waals surface area contributed by atoms with Gasteiger partial charge in [0.1, 0.15) is 11.9 Å². The molecular weight excluding hydrogens is 435 g/mol. The summed E-state index contributed by atoms with van der Waals surface area (Å²) in [5.41, 5.74) is 7.77.